The Morgan fingerprint density at radius 3 is 2.03 bits per heavy atom. The summed E-state index contributed by atoms with van der Waals surface area (Å²) >= 11 is 0. The molecule has 2 amide bonds. The summed E-state index contributed by atoms with van der Waals surface area (Å²) in [6, 6.07) is 16.3. The van der Waals surface area contributed by atoms with Crippen LogP contribution in [0.1, 0.15) is 52.7 Å². The zero-order valence-electron chi connectivity index (χ0n) is 22.1. The van der Waals surface area contributed by atoms with Gasteiger partial charge in [0.1, 0.15) is 30.5 Å². The molecule has 2 N–H and O–H groups in total. The van der Waals surface area contributed by atoms with Crippen molar-refractivity contribution in [1.29, 1.82) is 0 Å². The Morgan fingerprint density at radius 1 is 0.943 bits per heavy atom. The van der Waals surface area contributed by atoms with Crippen LogP contribution >= 0.6 is 0 Å². The van der Waals surface area contributed by atoms with Gasteiger partial charge in [0.15, 0.2) is 0 Å². The number of rotatable bonds is 7. The number of alkyl carbamates (subject to hydrolysis) is 1. The highest BCUT2D eigenvalue weighted by molar-refractivity contribution is 5.87. The number of amides is 2. The van der Waals surface area contributed by atoms with Gasteiger partial charge in [-0.2, -0.15) is 0 Å². The average molecular weight is 489 g/mol. The van der Waals surface area contributed by atoms with Crippen LogP contribution in [0, 0.1) is 6.92 Å². The molecule has 0 aliphatic heterocycles. The van der Waals surface area contributed by atoms with Crippen molar-refractivity contribution in [2.24, 2.45) is 0 Å². The van der Waals surface area contributed by atoms with Crippen LogP contribution < -0.4 is 15.4 Å². The standard InChI is InChI=1S/C17H24N2O5.C8H10O.C2H6/c1-12(19-16(22)24-17(2,3)4)15(21)18-10-14(20)23-11-13-8-6-5-7-9-13;1-7-3-5-8(9-2)6-4-7;1-2/h5-9,12H,10-11H2,1-4H3,(H,18,21)(H,19,22);3-6H,1-2H3;1-2H3. The Balaban J connectivity index is 0.000000870. The minimum atomic E-state index is -0.832. The van der Waals surface area contributed by atoms with Crippen LogP contribution in [0.25, 0.3) is 0 Å². The molecular formula is C27H40N2O6. The number of hydrogen-bond acceptors (Lipinski definition) is 6. The van der Waals surface area contributed by atoms with Crippen molar-refractivity contribution < 1.29 is 28.6 Å². The quantitative estimate of drug-likeness (QED) is 0.543. The van der Waals surface area contributed by atoms with Crippen molar-refractivity contribution in [1.82, 2.24) is 10.6 Å². The third kappa shape index (κ3) is 15.8. The Labute approximate surface area is 209 Å². The summed E-state index contributed by atoms with van der Waals surface area (Å²) in [5.41, 5.74) is 1.47. The zero-order chi connectivity index (χ0) is 26.9. The monoisotopic (exact) mass is 488 g/mol. The normalized spacial score (nSPS) is 10.7. The summed E-state index contributed by atoms with van der Waals surface area (Å²) in [7, 11) is 1.67. The van der Waals surface area contributed by atoms with E-state index in [4.69, 9.17) is 14.2 Å². The van der Waals surface area contributed by atoms with E-state index >= 15 is 0 Å². The number of aryl methyl sites for hydroxylation is 1. The van der Waals surface area contributed by atoms with Crippen molar-refractivity contribution in [3.05, 3.63) is 65.7 Å². The summed E-state index contributed by atoms with van der Waals surface area (Å²) < 4.78 is 15.1. The molecular weight excluding hydrogens is 448 g/mol. The summed E-state index contributed by atoms with van der Waals surface area (Å²) in [5, 5.41) is 4.80. The molecule has 0 radical (unpaired) electrons. The highest BCUT2D eigenvalue weighted by atomic mass is 16.6. The van der Waals surface area contributed by atoms with Gasteiger partial charge < -0.3 is 24.8 Å². The minimum absolute atomic E-state index is 0.140. The van der Waals surface area contributed by atoms with Crippen LogP contribution in [0.3, 0.4) is 0 Å². The Hall–Kier alpha value is -3.55. The number of benzene rings is 2. The lowest BCUT2D eigenvalue weighted by atomic mass is 10.2. The van der Waals surface area contributed by atoms with Gasteiger partial charge in [-0.05, 0) is 52.3 Å². The maximum absolute atomic E-state index is 11.8. The Bertz CT molecular complexity index is 877. The molecule has 0 aliphatic carbocycles. The molecule has 1 unspecified atom stereocenters. The molecule has 35 heavy (non-hydrogen) atoms. The number of methoxy groups -OCH3 is 1. The van der Waals surface area contributed by atoms with Crippen LogP contribution in [0.15, 0.2) is 54.6 Å². The Kier molecular flexibility index (Phi) is 15.2. The highest BCUT2D eigenvalue weighted by Gasteiger charge is 2.21. The summed E-state index contributed by atoms with van der Waals surface area (Å²) in [5.74, 6) is -0.144. The minimum Gasteiger partial charge on any atom is -0.497 e. The van der Waals surface area contributed by atoms with Crippen LogP contribution in [-0.2, 0) is 25.7 Å². The molecule has 1 atom stereocenters. The second kappa shape index (κ2) is 17.0. The van der Waals surface area contributed by atoms with Crippen molar-refractivity contribution in [3.8, 4) is 5.75 Å². The van der Waals surface area contributed by atoms with E-state index in [1.54, 1.807) is 27.9 Å². The molecule has 8 heteroatoms. The molecule has 0 fully saturated rings. The number of carbonyl (C=O) groups is 3. The van der Waals surface area contributed by atoms with Crippen molar-refractivity contribution in [2.45, 2.75) is 66.7 Å². The second-order valence-electron chi connectivity index (χ2n) is 8.25. The lowest BCUT2D eigenvalue weighted by Gasteiger charge is -2.21. The van der Waals surface area contributed by atoms with Crippen LogP contribution in [0.5, 0.6) is 5.75 Å². The van der Waals surface area contributed by atoms with Gasteiger partial charge in [0, 0.05) is 0 Å². The van der Waals surface area contributed by atoms with E-state index in [1.807, 2.05) is 68.4 Å². The van der Waals surface area contributed by atoms with Gasteiger partial charge in [-0.25, -0.2) is 4.79 Å². The van der Waals surface area contributed by atoms with E-state index in [-0.39, 0.29) is 13.2 Å². The second-order valence-corrected chi connectivity index (χ2v) is 8.25. The van der Waals surface area contributed by atoms with E-state index in [0.717, 1.165) is 11.3 Å². The number of ether oxygens (including phenoxy) is 3. The highest BCUT2D eigenvalue weighted by Crippen LogP contribution is 2.09. The molecule has 2 aromatic carbocycles. The largest absolute Gasteiger partial charge is 0.497 e. The predicted molar refractivity (Wildman–Crippen MR) is 137 cm³/mol. The molecule has 194 valence electrons. The first-order chi connectivity index (χ1) is 16.5. The van der Waals surface area contributed by atoms with Crippen molar-refractivity contribution in [2.75, 3.05) is 13.7 Å². The third-order valence-electron chi connectivity index (χ3n) is 4.03. The third-order valence-corrected chi connectivity index (χ3v) is 4.03. The zero-order valence-corrected chi connectivity index (χ0v) is 22.1. The number of carbonyl (C=O) groups excluding carboxylic acids is 3. The Morgan fingerprint density at radius 2 is 1.51 bits per heavy atom. The number of hydrogen-bond donors (Lipinski definition) is 2. The predicted octanol–water partition coefficient (Wildman–Crippen LogP) is 4.79. The fraction of sp³-hybridized carbons (Fsp3) is 0.444. The van der Waals surface area contributed by atoms with Crippen molar-refractivity contribution in [3.63, 3.8) is 0 Å². The molecule has 0 aromatic heterocycles. The van der Waals surface area contributed by atoms with Gasteiger partial charge in [0.25, 0.3) is 0 Å². The van der Waals surface area contributed by atoms with E-state index in [2.05, 4.69) is 17.6 Å². The summed E-state index contributed by atoms with van der Waals surface area (Å²) in [6.07, 6.45) is -0.697. The molecule has 0 aliphatic rings. The van der Waals surface area contributed by atoms with Gasteiger partial charge in [0.2, 0.25) is 5.91 Å². The molecule has 2 aromatic rings. The average Bonchev–Trinajstić information content (AvgIpc) is 2.82. The van der Waals surface area contributed by atoms with Crippen molar-refractivity contribution >= 4 is 18.0 Å². The summed E-state index contributed by atoms with van der Waals surface area (Å²) in [6.45, 7) is 12.6. The summed E-state index contributed by atoms with van der Waals surface area (Å²) in [4.78, 5) is 35.0. The first kappa shape index (κ1) is 31.5. The van der Waals surface area contributed by atoms with E-state index in [1.165, 1.54) is 12.5 Å². The fourth-order valence-electron chi connectivity index (χ4n) is 2.33. The smallest absolute Gasteiger partial charge is 0.408 e. The van der Waals surface area contributed by atoms with Crippen LogP contribution in [-0.4, -0.2) is 43.3 Å². The first-order valence-corrected chi connectivity index (χ1v) is 11.6. The molecule has 0 spiro atoms. The topological polar surface area (TPSA) is 103 Å². The van der Waals surface area contributed by atoms with Gasteiger partial charge in [-0.15, -0.1) is 0 Å². The van der Waals surface area contributed by atoms with Gasteiger partial charge in [-0.3, -0.25) is 9.59 Å². The maximum atomic E-state index is 11.8. The molecule has 0 heterocycles. The van der Waals surface area contributed by atoms with Gasteiger partial charge in [0.05, 0.1) is 7.11 Å². The lowest BCUT2D eigenvalue weighted by molar-refractivity contribution is -0.145. The molecule has 0 bridgehead atoms. The van der Waals surface area contributed by atoms with E-state index in [9.17, 15) is 14.4 Å². The van der Waals surface area contributed by atoms with Gasteiger partial charge in [-0.1, -0.05) is 61.9 Å². The first-order valence-electron chi connectivity index (χ1n) is 11.6. The molecule has 2 rings (SSSR count). The molecule has 8 nitrogen and oxygen atoms in total. The molecule has 0 saturated carbocycles. The lowest BCUT2D eigenvalue weighted by Crippen LogP contribution is -2.47. The SMILES string of the molecule is CC.CC(NC(=O)OC(C)(C)C)C(=O)NCC(=O)OCc1ccccc1.COc1ccc(C)cc1. The van der Waals surface area contributed by atoms with Gasteiger partial charge >= 0.3 is 12.1 Å². The van der Waals surface area contributed by atoms with Crippen LogP contribution in [0.4, 0.5) is 4.79 Å². The fourth-order valence-corrected chi connectivity index (χ4v) is 2.33. The maximum Gasteiger partial charge on any atom is 0.408 e. The van der Waals surface area contributed by atoms with Crippen LogP contribution in [0.2, 0.25) is 0 Å². The molecule has 0 saturated heterocycles. The van der Waals surface area contributed by atoms with E-state index < -0.39 is 29.6 Å². The number of esters is 1. The van der Waals surface area contributed by atoms with E-state index in [0.29, 0.717) is 0 Å². The number of nitrogens with one attached hydrogen (secondary N) is 2.